The number of rotatable bonds is 3. The van der Waals surface area contributed by atoms with Crippen LogP contribution in [0.15, 0.2) is 0 Å². The average Bonchev–Trinajstić information content (AvgIpc) is 2.73. The highest BCUT2D eigenvalue weighted by Gasteiger charge is 2.44. The van der Waals surface area contributed by atoms with E-state index in [1.54, 1.807) is 0 Å². The van der Waals surface area contributed by atoms with Crippen molar-refractivity contribution in [1.82, 2.24) is 5.32 Å². The third kappa shape index (κ3) is 2.97. The number of carbonyl (C=O) groups excluding carboxylic acids is 1. The molecule has 1 N–H and O–H groups in total. The van der Waals surface area contributed by atoms with E-state index >= 15 is 0 Å². The summed E-state index contributed by atoms with van der Waals surface area (Å²) in [6, 6.07) is 0. The molecule has 5 heteroatoms. The molecule has 0 amide bonds. The minimum atomic E-state index is -0.549. The van der Waals surface area contributed by atoms with E-state index in [1.165, 1.54) is 7.11 Å². The van der Waals surface area contributed by atoms with Crippen molar-refractivity contribution in [3.8, 4) is 0 Å². The Morgan fingerprint density at radius 1 is 1.59 bits per heavy atom. The van der Waals surface area contributed by atoms with Gasteiger partial charge in [-0.2, -0.15) is 0 Å². The van der Waals surface area contributed by atoms with Gasteiger partial charge < -0.3 is 19.5 Å². The second-order valence-electron chi connectivity index (χ2n) is 4.89. The predicted octanol–water partition coefficient (Wildman–Crippen LogP) is 0.681. The van der Waals surface area contributed by atoms with E-state index in [1.807, 2.05) is 6.92 Å². The highest BCUT2D eigenvalue weighted by molar-refractivity contribution is 5.69. The first-order valence-corrected chi connectivity index (χ1v) is 6.23. The minimum absolute atomic E-state index is 0.172. The van der Waals surface area contributed by atoms with Crippen molar-refractivity contribution in [3.05, 3.63) is 0 Å². The van der Waals surface area contributed by atoms with Crippen LogP contribution in [0.1, 0.15) is 26.2 Å². The molecule has 2 aliphatic heterocycles. The first-order valence-electron chi connectivity index (χ1n) is 6.23. The van der Waals surface area contributed by atoms with Crippen molar-refractivity contribution in [3.63, 3.8) is 0 Å². The van der Waals surface area contributed by atoms with Crippen molar-refractivity contribution in [2.45, 2.75) is 38.1 Å². The molecule has 2 fully saturated rings. The summed E-state index contributed by atoms with van der Waals surface area (Å²) < 4.78 is 16.3. The van der Waals surface area contributed by atoms with Crippen LogP contribution >= 0.6 is 0 Å². The van der Waals surface area contributed by atoms with Crippen LogP contribution < -0.4 is 5.32 Å². The van der Waals surface area contributed by atoms with Crippen LogP contribution in [0, 0.1) is 5.92 Å². The Hall–Kier alpha value is -0.650. The zero-order chi connectivity index (χ0) is 12.3. The summed E-state index contributed by atoms with van der Waals surface area (Å²) in [5, 5.41) is 3.35. The van der Waals surface area contributed by atoms with Crippen LogP contribution in [-0.4, -0.2) is 44.7 Å². The minimum Gasteiger partial charge on any atom is -0.469 e. The fraction of sp³-hybridized carbons (Fsp3) is 0.917. The Morgan fingerprint density at radius 2 is 2.41 bits per heavy atom. The van der Waals surface area contributed by atoms with Crippen molar-refractivity contribution in [2.75, 3.05) is 26.8 Å². The van der Waals surface area contributed by atoms with E-state index in [2.05, 4.69) is 10.1 Å². The smallest absolute Gasteiger partial charge is 0.308 e. The van der Waals surface area contributed by atoms with Crippen molar-refractivity contribution >= 4 is 5.97 Å². The molecule has 98 valence electrons. The average molecular weight is 243 g/mol. The standard InChI is InChI=1S/C12H21NO4/c1-12(9-4-3-5-13-7-9)16-8-10(17-12)6-11(14)15-2/h9-10,13H,3-8H2,1-2H3. The van der Waals surface area contributed by atoms with Crippen LogP contribution in [0.25, 0.3) is 0 Å². The molecule has 0 aromatic heterocycles. The van der Waals surface area contributed by atoms with Gasteiger partial charge in [-0.3, -0.25) is 4.79 Å². The van der Waals surface area contributed by atoms with Crippen LogP contribution in [-0.2, 0) is 19.0 Å². The van der Waals surface area contributed by atoms with Gasteiger partial charge in [0.05, 0.1) is 26.2 Å². The molecule has 2 aliphatic rings. The number of ether oxygens (including phenoxy) is 3. The lowest BCUT2D eigenvalue weighted by Gasteiger charge is -2.35. The SMILES string of the molecule is COC(=O)CC1COC(C)(C2CCCNC2)O1. The maximum Gasteiger partial charge on any atom is 0.308 e. The van der Waals surface area contributed by atoms with Crippen LogP contribution in [0.2, 0.25) is 0 Å². The molecule has 0 spiro atoms. The molecule has 17 heavy (non-hydrogen) atoms. The first-order chi connectivity index (χ1) is 8.14. The highest BCUT2D eigenvalue weighted by atomic mass is 16.7. The van der Waals surface area contributed by atoms with Gasteiger partial charge in [0, 0.05) is 12.5 Å². The third-order valence-corrected chi connectivity index (χ3v) is 3.62. The predicted molar refractivity (Wildman–Crippen MR) is 61.5 cm³/mol. The van der Waals surface area contributed by atoms with E-state index < -0.39 is 5.79 Å². The fourth-order valence-electron chi connectivity index (χ4n) is 2.54. The van der Waals surface area contributed by atoms with Crippen molar-refractivity contribution in [1.29, 1.82) is 0 Å². The summed E-state index contributed by atoms with van der Waals surface area (Å²) >= 11 is 0. The molecule has 0 radical (unpaired) electrons. The van der Waals surface area contributed by atoms with Crippen LogP contribution in [0.5, 0.6) is 0 Å². The molecular formula is C12H21NO4. The lowest BCUT2D eigenvalue weighted by molar-refractivity contribution is -0.195. The van der Waals surface area contributed by atoms with Gasteiger partial charge in [-0.15, -0.1) is 0 Å². The van der Waals surface area contributed by atoms with Crippen molar-refractivity contribution in [2.24, 2.45) is 5.92 Å². The summed E-state index contributed by atoms with van der Waals surface area (Å²) in [6.07, 6.45) is 2.35. The van der Waals surface area contributed by atoms with Gasteiger partial charge in [0.1, 0.15) is 0 Å². The summed E-state index contributed by atoms with van der Waals surface area (Å²) in [6.45, 7) is 4.43. The number of hydrogen-bond acceptors (Lipinski definition) is 5. The lowest BCUT2D eigenvalue weighted by atomic mass is 9.92. The summed E-state index contributed by atoms with van der Waals surface area (Å²) in [5.74, 6) is -0.435. The summed E-state index contributed by atoms with van der Waals surface area (Å²) in [5.41, 5.74) is 0. The molecule has 3 unspecified atom stereocenters. The Bertz CT molecular complexity index is 278. The van der Waals surface area contributed by atoms with E-state index in [4.69, 9.17) is 9.47 Å². The lowest BCUT2D eigenvalue weighted by Crippen LogP contribution is -2.45. The van der Waals surface area contributed by atoms with Crippen LogP contribution in [0.4, 0.5) is 0 Å². The normalized spacial score (nSPS) is 38.0. The fourth-order valence-corrected chi connectivity index (χ4v) is 2.54. The molecule has 3 atom stereocenters. The van der Waals surface area contributed by atoms with Crippen molar-refractivity contribution < 1.29 is 19.0 Å². The highest BCUT2D eigenvalue weighted by Crippen LogP contribution is 2.35. The molecule has 5 nitrogen and oxygen atoms in total. The Labute approximate surface area is 102 Å². The number of hydrogen-bond donors (Lipinski definition) is 1. The van der Waals surface area contributed by atoms with E-state index in [-0.39, 0.29) is 18.5 Å². The zero-order valence-corrected chi connectivity index (χ0v) is 10.5. The molecular weight excluding hydrogens is 222 g/mol. The second-order valence-corrected chi connectivity index (χ2v) is 4.89. The maximum absolute atomic E-state index is 11.2. The van der Waals surface area contributed by atoms with Gasteiger partial charge in [-0.25, -0.2) is 0 Å². The monoisotopic (exact) mass is 243 g/mol. The van der Waals surface area contributed by atoms with E-state index in [0.29, 0.717) is 12.5 Å². The number of carbonyl (C=O) groups is 1. The molecule has 2 rings (SSSR count). The van der Waals surface area contributed by atoms with Gasteiger partial charge in [0.2, 0.25) is 0 Å². The molecule has 0 saturated carbocycles. The molecule has 0 aromatic rings. The molecule has 2 saturated heterocycles. The molecule has 0 bridgehead atoms. The van der Waals surface area contributed by atoms with Gasteiger partial charge in [0.25, 0.3) is 0 Å². The number of methoxy groups -OCH3 is 1. The Morgan fingerprint density at radius 3 is 3.06 bits per heavy atom. The zero-order valence-electron chi connectivity index (χ0n) is 10.5. The first kappa shape index (κ1) is 12.8. The molecule has 2 heterocycles. The third-order valence-electron chi connectivity index (χ3n) is 3.62. The summed E-state index contributed by atoms with van der Waals surface area (Å²) in [7, 11) is 1.39. The van der Waals surface area contributed by atoms with Gasteiger partial charge in [-0.05, 0) is 26.3 Å². The second kappa shape index (κ2) is 5.33. The topological polar surface area (TPSA) is 56.8 Å². The summed E-state index contributed by atoms with van der Waals surface area (Å²) in [4.78, 5) is 11.2. The molecule has 0 aromatic carbocycles. The largest absolute Gasteiger partial charge is 0.469 e. The Kier molecular flexibility index (Phi) is 4.01. The number of piperidine rings is 1. The molecule has 0 aliphatic carbocycles. The van der Waals surface area contributed by atoms with E-state index in [0.717, 1.165) is 25.9 Å². The quantitative estimate of drug-likeness (QED) is 0.739. The number of nitrogens with one attached hydrogen (secondary N) is 1. The maximum atomic E-state index is 11.2. The van der Waals surface area contributed by atoms with Gasteiger partial charge >= 0.3 is 5.97 Å². The number of esters is 1. The van der Waals surface area contributed by atoms with E-state index in [9.17, 15) is 4.79 Å². The van der Waals surface area contributed by atoms with Gasteiger partial charge in [0.15, 0.2) is 5.79 Å². The van der Waals surface area contributed by atoms with Gasteiger partial charge in [-0.1, -0.05) is 0 Å². The van der Waals surface area contributed by atoms with Crippen LogP contribution in [0.3, 0.4) is 0 Å². The Balaban J connectivity index is 1.88.